The first-order valence-corrected chi connectivity index (χ1v) is 2.63. The third-order valence-electron chi connectivity index (χ3n) is 0.629. The summed E-state index contributed by atoms with van der Waals surface area (Å²) in [4.78, 5) is 3.83. The molecule has 48 valence electrons. The highest BCUT2D eigenvalue weighted by Crippen LogP contribution is 1.89. The lowest BCUT2D eigenvalue weighted by Crippen LogP contribution is -1.70. The van der Waals surface area contributed by atoms with Crippen molar-refractivity contribution >= 4 is 7.85 Å². The van der Waals surface area contributed by atoms with Gasteiger partial charge in [-0.15, -0.1) is 0 Å². The first kappa shape index (κ1) is 8.20. The fraction of sp³-hybridized carbons (Fsp3) is 0.600. The minimum atomic E-state index is 0.623. The Morgan fingerprint density at radius 1 is 1.33 bits per heavy atom. The van der Waals surface area contributed by atoms with Crippen LogP contribution in [0.15, 0.2) is 4.52 Å². The maximum Gasteiger partial charge on any atom is 0.223 e. The zero-order valence-corrected chi connectivity index (χ0v) is 5.88. The van der Waals surface area contributed by atoms with E-state index >= 15 is 0 Å². The van der Waals surface area contributed by atoms with Gasteiger partial charge in [-0.3, -0.25) is 0 Å². The van der Waals surface area contributed by atoms with Crippen molar-refractivity contribution in [3.63, 3.8) is 0 Å². The molecule has 0 amide bonds. The molecule has 0 bridgehead atoms. The van der Waals surface area contributed by atoms with E-state index in [-0.39, 0.29) is 0 Å². The van der Waals surface area contributed by atoms with Crippen LogP contribution in [-0.2, 0) is 0 Å². The van der Waals surface area contributed by atoms with E-state index in [1.807, 2.05) is 0 Å². The van der Waals surface area contributed by atoms with E-state index in [4.69, 9.17) is 0 Å². The third-order valence-corrected chi connectivity index (χ3v) is 0.629. The second-order valence-electron chi connectivity index (χ2n) is 1.36. The first-order chi connectivity index (χ1) is 4.29. The van der Waals surface area contributed by atoms with Gasteiger partial charge >= 0.3 is 0 Å². The maximum atomic E-state index is 4.60. The number of rotatable bonds is 0. The van der Waals surface area contributed by atoms with Crippen molar-refractivity contribution in [3.05, 3.63) is 11.7 Å². The number of aryl methyl sites for hydroxylation is 2. The molecule has 1 rings (SSSR count). The summed E-state index contributed by atoms with van der Waals surface area (Å²) in [6.07, 6.45) is 0. The summed E-state index contributed by atoms with van der Waals surface area (Å²) in [5.74, 6) is 1.31. The van der Waals surface area contributed by atoms with E-state index in [1.165, 1.54) is 6.82 Å². The summed E-state index contributed by atoms with van der Waals surface area (Å²) in [6.45, 7) is 5.05. The molecule has 0 fully saturated rings. The van der Waals surface area contributed by atoms with Crippen LogP contribution in [-0.4, -0.2) is 18.0 Å². The van der Waals surface area contributed by atoms with Crippen LogP contribution in [0.2, 0.25) is 6.82 Å². The predicted octanol–water partition coefficient (Wildman–Crippen LogP) is 0.889. The summed E-state index contributed by atoms with van der Waals surface area (Å²) in [5.41, 5.74) is 0. The molecule has 0 N–H and O–H groups in total. The van der Waals surface area contributed by atoms with Crippen LogP contribution in [0.5, 0.6) is 0 Å². The van der Waals surface area contributed by atoms with E-state index in [1.54, 1.807) is 13.8 Å². The molecule has 0 aliphatic heterocycles. The lowest BCUT2D eigenvalue weighted by Gasteiger charge is -1.64. The third kappa shape index (κ3) is 2.90. The van der Waals surface area contributed by atoms with E-state index in [0.29, 0.717) is 11.7 Å². The highest BCUT2D eigenvalue weighted by molar-refractivity contribution is 6.05. The molecule has 1 aromatic rings. The molecule has 0 aliphatic rings. The van der Waals surface area contributed by atoms with Gasteiger partial charge in [-0.05, 0) is 6.92 Å². The molecule has 3 nitrogen and oxygen atoms in total. The Balaban J connectivity index is 0.000000291. The van der Waals surface area contributed by atoms with E-state index in [0.717, 1.165) is 0 Å². The summed E-state index contributed by atoms with van der Waals surface area (Å²) < 4.78 is 4.60. The quantitative estimate of drug-likeness (QED) is 0.482. The van der Waals surface area contributed by atoms with Gasteiger partial charge in [0.2, 0.25) is 5.89 Å². The molecular weight excluding hydrogens is 115 g/mol. The van der Waals surface area contributed by atoms with Crippen LogP contribution >= 0.6 is 0 Å². The minimum Gasteiger partial charge on any atom is -0.340 e. The molecule has 1 heterocycles. The van der Waals surface area contributed by atoms with Crippen LogP contribution in [0.3, 0.4) is 0 Å². The molecule has 2 radical (unpaired) electrons. The molecule has 1 aromatic heterocycles. The summed E-state index contributed by atoms with van der Waals surface area (Å²) in [5, 5.41) is 3.53. The zero-order chi connectivity index (χ0) is 7.28. The van der Waals surface area contributed by atoms with Gasteiger partial charge in [0.05, 0.1) is 7.85 Å². The standard InChI is InChI=1S/C4H6N2O.CH3B/c1-3-5-4(2)7-6-3;1-2/h1-2H3;1H3. The van der Waals surface area contributed by atoms with Gasteiger partial charge in [-0.1, -0.05) is 12.0 Å². The Hall–Kier alpha value is -0.795. The van der Waals surface area contributed by atoms with Crippen molar-refractivity contribution in [3.8, 4) is 0 Å². The lowest BCUT2D eigenvalue weighted by atomic mass is 10.2. The molecule has 0 saturated heterocycles. The van der Waals surface area contributed by atoms with Gasteiger partial charge < -0.3 is 4.52 Å². The van der Waals surface area contributed by atoms with Crippen LogP contribution in [0.1, 0.15) is 11.7 Å². The van der Waals surface area contributed by atoms with Crippen LogP contribution in [0.25, 0.3) is 0 Å². The molecule has 0 saturated carbocycles. The van der Waals surface area contributed by atoms with Crippen LogP contribution < -0.4 is 0 Å². The number of hydrogen-bond acceptors (Lipinski definition) is 3. The fourth-order valence-electron chi connectivity index (χ4n) is 0.401. The molecule has 4 heteroatoms. The number of nitrogens with zero attached hydrogens (tertiary/aromatic N) is 2. The SMILES string of the molecule is Cc1noc(C)n1.[B]C. The second-order valence-corrected chi connectivity index (χ2v) is 1.36. The summed E-state index contributed by atoms with van der Waals surface area (Å²) in [7, 11) is 4.50. The first-order valence-electron chi connectivity index (χ1n) is 2.63. The number of aromatic nitrogens is 2. The molecule has 0 aliphatic carbocycles. The smallest absolute Gasteiger partial charge is 0.223 e. The van der Waals surface area contributed by atoms with Crippen molar-refractivity contribution in [2.45, 2.75) is 20.7 Å². The van der Waals surface area contributed by atoms with Crippen molar-refractivity contribution in [2.75, 3.05) is 0 Å². The molecule has 0 aromatic carbocycles. The highest BCUT2D eigenvalue weighted by Gasteiger charge is 1.89. The van der Waals surface area contributed by atoms with Gasteiger partial charge in [0.1, 0.15) is 0 Å². The van der Waals surface area contributed by atoms with E-state index in [9.17, 15) is 0 Å². The minimum absolute atomic E-state index is 0.623. The predicted molar refractivity (Wildman–Crippen MR) is 35.4 cm³/mol. The van der Waals surface area contributed by atoms with Crippen molar-refractivity contribution in [1.29, 1.82) is 0 Å². The zero-order valence-electron chi connectivity index (χ0n) is 5.88. The van der Waals surface area contributed by atoms with Gasteiger partial charge in [0, 0.05) is 6.92 Å². The normalized spacial score (nSPS) is 7.89. The summed E-state index contributed by atoms with van der Waals surface area (Å²) >= 11 is 0. The highest BCUT2D eigenvalue weighted by atomic mass is 16.5. The Labute approximate surface area is 55.9 Å². The Morgan fingerprint density at radius 2 is 1.89 bits per heavy atom. The summed E-state index contributed by atoms with van der Waals surface area (Å²) in [6, 6.07) is 0. The van der Waals surface area contributed by atoms with Crippen molar-refractivity contribution in [2.24, 2.45) is 0 Å². The molecule has 0 spiro atoms. The van der Waals surface area contributed by atoms with Crippen LogP contribution in [0, 0.1) is 13.8 Å². The molecular formula is C5H9BN2O. The average molecular weight is 124 g/mol. The lowest BCUT2D eigenvalue weighted by molar-refractivity contribution is 0.389. The van der Waals surface area contributed by atoms with Crippen molar-refractivity contribution in [1.82, 2.24) is 10.1 Å². The van der Waals surface area contributed by atoms with Gasteiger partial charge in [0.25, 0.3) is 0 Å². The average Bonchev–Trinajstić information content (AvgIpc) is 2.20. The monoisotopic (exact) mass is 124 g/mol. The Bertz CT molecular complexity index is 147. The molecule has 9 heavy (non-hydrogen) atoms. The molecule has 0 atom stereocenters. The Kier molecular flexibility index (Phi) is 3.76. The van der Waals surface area contributed by atoms with Crippen molar-refractivity contribution < 1.29 is 4.52 Å². The fourth-order valence-corrected chi connectivity index (χ4v) is 0.401. The Morgan fingerprint density at radius 3 is 2.00 bits per heavy atom. The second kappa shape index (κ2) is 4.12. The van der Waals surface area contributed by atoms with E-state index in [2.05, 4.69) is 22.5 Å². The topological polar surface area (TPSA) is 38.9 Å². The van der Waals surface area contributed by atoms with Gasteiger partial charge in [0.15, 0.2) is 5.82 Å². The maximum absolute atomic E-state index is 4.60. The van der Waals surface area contributed by atoms with Gasteiger partial charge in [-0.25, -0.2) is 0 Å². The molecule has 0 unspecified atom stereocenters. The van der Waals surface area contributed by atoms with Crippen LogP contribution in [0.4, 0.5) is 0 Å². The van der Waals surface area contributed by atoms with E-state index < -0.39 is 0 Å². The van der Waals surface area contributed by atoms with Gasteiger partial charge in [-0.2, -0.15) is 4.98 Å². The largest absolute Gasteiger partial charge is 0.340 e. The number of hydrogen-bond donors (Lipinski definition) is 0.